The maximum Gasteiger partial charge on any atom is 0.240 e. The molecule has 0 spiro atoms. The Morgan fingerprint density at radius 2 is 1.48 bits per heavy atom. The van der Waals surface area contributed by atoms with Gasteiger partial charge in [-0.2, -0.15) is 5.10 Å². The summed E-state index contributed by atoms with van der Waals surface area (Å²) in [6, 6.07) is 12.3. The largest absolute Gasteiger partial charge is 0.497 e. The molecule has 0 radical (unpaired) electrons. The highest BCUT2D eigenvalue weighted by molar-refractivity contribution is 6.02. The Bertz CT molecular complexity index is 878. The summed E-state index contributed by atoms with van der Waals surface area (Å²) in [4.78, 5) is 24.0. The number of carbonyl (C=O) groups is 2. The lowest BCUT2D eigenvalue weighted by atomic mass is 10.1. The van der Waals surface area contributed by atoms with Crippen molar-refractivity contribution in [2.24, 2.45) is 5.10 Å². The lowest BCUT2D eigenvalue weighted by Gasteiger charge is -2.10. The molecule has 0 aliphatic carbocycles. The average molecular weight is 399 g/mol. The Balaban J connectivity index is 1.86. The van der Waals surface area contributed by atoms with Crippen molar-refractivity contribution in [2.75, 3.05) is 26.6 Å². The molecule has 2 aromatic carbocycles. The van der Waals surface area contributed by atoms with Crippen molar-refractivity contribution >= 4 is 23.2 Å². The van der Waals surface area contributed by atoms with E-state index in [4.69, 9.17) is 14.2 Å². The topological polar surface area (TPSA) is 98.2 Å². The van der Waals surface area contributed by atoms with Gasteiger partial charge in [0, 0.05) is 30.2 Å². The summed E-state index contributed by atoms with van der Waals surface area (Å²) in [7, 11) is 4.69. The lowest BCUT2D eigenvalue weighted by Crippen LogP contribution is -2.21. The number of carbonyl (C=O) groups excluding carboxylic acids is 2. The minimum absolute atomic E-state index is 0.0124. The van der Waals surface area contributed by atoms with E-state index in [1.165, 1.54) is 0 Å². The Labute approximate surface area is 169 Å². The van der Waals surface area contributed by atoms with E-state index in [9.17, 15) is 9.59 Å². The Morgan fingerprint density at radius 3 is 2.10 bits per heavy atom. The molecule has 0 heterocycles. The fraction of sp³-hybridized carbons (Fsp3) is 0.286. The van der Waals surface area contributed by atoms with Crippen LogP contribution in [0.5, 0.6) is 17.2 Å². The molecule has 2 rings (SSSR count). The van der Waals surface area contributed by atoms with Gasteiger partial charge in [-0.25, -0.2) is 5.43 Å². The van der Waals surface area contributed by atoms with Gasteiger partial charge in [-0.1, -0.05) is 0 Å². The maximum atomic E-state index is 12.0. The van der Waals surface area contributed by atoms with Crippen molar-refractivity contribution in [1.82, 2.24) is 5.43 Å². The number of amides is 2. The predicted molar refractivity (Wildman–Crippen MR) is 111 cm³/mol. The summed E-state index contributed by atoms with van der Waals surface area (Å²) in [5, 5.41) is 6.82. The van der Waals surface area contributed by atoms with E-state index < -0.39 is 0 Å². The number of nitrogens with zero attached hydrogens (tertiary/aromatic N) is 1. The molecule has 0 aliphatic heterocycles. The van der Waals surface area contributed by atoms with Crippen LogP contribution in [0.15, 0.2) is 47.6 Å². The number of methoxy groups -OCH3 is 3. The lowest BCUT2D eigenvalue weighted by molar-refractivity contribution is -0.124. The number of nitrogens with one attached hydrogen (secondary N) is 2. The maximum absolute atomic E-state index is 12.0. The minimum Gasteiger partial charge on any atom is -0.497 e. The first-order chi connectivity index (χ1) is 14.0. The van der Waals surface area contributed by atoms with Crippen LogP contribution in [0.1, 0.15) is 25.3 Å². The Hall–Kier alpha value is -3.55. The molecule has 8 nitrogen and oxygen atoms in total. The van der Waals surface area contributed by atoms with Gasteiger partial charge in [0.1, 0.15) is 17.2 Å². The summed E-state index contributed by atoms with van der Waals surface area (Å²) in [6.45, 7) is 1.75. The van der Waals surface area contributed by atoms with Gasteiger partial charge >= 0.3 is 0 Å². The van der Waals surface area contributed by atoms with Gasteiger partial charge in [0.15, 0.2) is 0 Å². The third-order valence-corrected chi connectivity index (χ3v) is 4.10. The first-order valence-electron chi connectivity index (χ1n) is 8.96. The number of hydrazone groups is 1. The van der Waals surface area contributed by atoms with Crippen LogP contribution in [0, 0.1) is 0 Å². The number of benzene rings is 2. The summed E-state index contributed by atoms with van der Waals surface area (Å²) < 4.78 is 15.6. The number of ether oxygens (including phenoxy) is 3. The highest BCUT2D eigenvalue weighted by Crippen LogP contribution is 2.25. The second kappa shape index (κ2) is 10.7. The van der Waals surface area contributed by atoms with Gasteiger partial charge in [0.2, 0.25) is 11.8 Å². The van der Waals surface area contributed by atoms with E-state index in [0.717, 1.165) is 5.56 Å². The molecule has 29 heavy (non-hydrogen) atoms. The number of anilines is 1. The quantitative estimate of drug-likeness (QED) is 0.499. The van der Waals surface area contributed by atoms with E-state index in [2.05, 4.69) is 15.8 Å². The van der Waals surface area contributed by atoms with E-state index in [0.29, 0.717) is 28.6 Å². The van der Waals surface area contributed by atoms with Gasteiger partial charge < -0.3 is 19.5 Å². The van der Waals surface area contributed by atoms with Crippen LogP contribution in [0.2, 0.25) is 0 Å². The smallest absolute Gasteiger partial charge is 0.240 e. The molecule has 8 heteroatoms. The molecule has 2 amide bonds. The average Bonchev–Trinajstić information content (AvgIpc) is 2.76. The molecule has 0 bridgehead atoms. The normalized spacial score (nSPS) is 10.8. The molecular weight excluding hydrogens is 374 g/mol. The molecule has 0 aromatic heterocycles. The van der Waals surface area contributed by atoms with Gasteiger partial charge in [0.25, 0.3) is 0 Å². The highest BCUT2D eigenvalue weighted by Gasteiger charge is 2.10. The Morgan fingerprint density at radius 1 is 0.862 bits per heavy atom. The summed E-state index contributed by atoms with van der Waals surface area (Å²) in [6.07, 6.45) is 0.0524. The molecule has 2 N–H and O–H groups in total. The Kier molecular flexibility index (Phi) is 8.02. The zero-order valence-electron chi connectivity index (χ0n) is 16.9. The SMILES string of the molecule is COc1ccc(NC(=O)CCC(=O)N/N=C(/C)c2ccc(OC)cc2OC)cc1. The van der Waals surface area contributed by atoms with Crippen LogP contribution in [0.3, 0.4) is 0 Å². The van der Waals surface area contributed by atoms with Crippen LogP contribution in [-0.4, -0.2) is 38.9 Å². The molecule has 0 saturated heterocycles. The standard InChI is InChI=1S/C21H25N3O5/c1-14(18-10-9-17(28-3)13-19(18)29-4)23-24-21(26)12-11-20(25)22-15-5-7-16(27-2)8-6-15/h5-10,13H,11-12H2,1-4H3,(H,22,25)(H,24,26)/b23-14-. The molecule has 0 fully saturated rings. The first kappa shape index (κ1) is 21.7. The van der Waals surface area contributed by atoms with E-state index in [1.807, 2.05) is 0 Å². The fourth-order valence-electron chi connectivity index (χ4n) is 2.48. The van der Waals surface area contributed by atoms with Crippen molar-refractivity contribution < 1.29 is 23.8 Å². The molecule has 0 atom stereocenters. The zero-order chi connectivity index (χ0) is 21.2. The third kappa shape index (κ3) is 6.53. The molecule has 2 aromatic rings. The van der Waals surface area contributed by atoms with E-state index >= 15 is 0 Å². The van der Waals surface area contributed by atoms with Crippen LogP contribution in [0.25, 0.3) is 0 Å². The highest BCUT2D eigenvalue weighted by atomic mass is 16.5. The van der Waals surface area contributed by atoms with E-state index in [-0.39, 0.29) is 24.7 Å². The van der Waals surface area contributed by atoms with Crippen LogP contribution < -0.4 is 25.0 Å². The molecule has 0 aliphatic rings. The number of hydrogen-bond donors (Lipinski definition) is 2. The van der Waals surface area contributed by atoms with Crippen molar-refractivity contribution in [3.05, 3.63) is 48.0 Å². The third-order valence-electron chi connectivity index (χ3n) is 4.10. The van der Waals surface area contributed by atoms with Gasteiger partial charge in [-0.05, 0) is 43.3 Å². The second-order valence-electron chi connectivity index (χ2n) is 6.08. The van der Waals surface area contributed by atoms with Gasteiger partial charge in [-0.15, -0.1) is 0 Å². The van der Waals surface area contributed by atoms with Crippen molar-refractivity contribution in [3.63, 3.8) is 0 Å². The van der Waals surface area contributed by atoms with Gasteiger partial charge in [-0.3, -0.25) is 9.59 Å². The van der Waals surface area contributed by atoms with Crippen LogP contribution in [-0.2, 0) is 9.59 Å². The minimum atomic E-state index is -0.360. The van der Waals surface area contributed by atoms with Crippen LogP contribution in [0.4, 0.5) is 5.69 Å². The summed E-state index contributed by atoms with van der Waals surface area (Å²) >= 11 is 0. The van der Waals surface area contributed by atoms with Crippen molar-refractivity contribution in [1.29, 1.82) is 0 Å². The fourth-order valence-corrected chi connectivity index (χ4v) is 2.48. The van der Waals surface area contributed by atoms with Gasteiger partial charge in [0.05, 0.1) is 27.0 Å². The summed E-state index contributed by atoms with van der Waals surface area (Å²) in [5.74, 6) is 1.32. The molecule has 154 valence electrons. The van der Waals surface area contributed by atoms with E-state index in [1.54, 1.807) is 70.7 Å². The predicted octanol–water partition coefficient (Wildman–Crippen LogP) is 2.97. The monoisotopic (exact) mass is 399 g/mol. The number of hydrogen-bond acceptors (Lipinski definition) is 6. The molecule has 0 unspecified atom stereocenters. The second-order valence-corrected chi connectivity index (χ2v) is 6.08. The molecule has 0 saturated carbocycles. The van der Waals surface area contributed by atoms with Crippen molar-refractivity contribution in [3.8, 4) is 17.2 Å². The first-order valence-corrected chi connectivity index (χ1v) is 8.96. The van der Waals surface area contributed by atoms with Crippen molar-refractivity contribution in [2.45, 2.75) is 19.8 Å². The number of rotatable bonds is 9. The summed E-state index contributed by atoms with van der Waals surface area (Å²) in [5.41, 5.74) is 4.39. The van der Waals surface area contributed by atoms with Crippen LogP contribution >= 0.6 is 0 Å². The zero-order valence-corrected chi connectivity index (χ0v) is 16.9. The molecular formula is C21H25N3O5.